The normalized spacial score (nSPS) is 17.4. The summed E-state index contributed by atoms with van der Waals surface area (Å²) < 4.78 is 11.6. The Kier molecular flexibility index (Phi) is 3.52. The van der Waals surface area contributed by atoms with Gasteiger partial charge >= 0.3 is 0 Å². The molecule has 0 unspecified atom stereocenters. The van der Waals surface area contributed by atoms with Gasteiger partial charge in [0.05, 0.1) is 24.1 Å². The molecule has 3 aromatic heterocycles. The highest BCUT2D eigenvalue weighted by atomic mass is 16.5. The molecule has 5 rings (SSSR count). The average molecular weight is 337 g/mol. The topological polar surface area (TPSA) is 85.0 Å². The predicted octanol–water partition coefficient (Wildman–Crippen LogP) is 2.55. The Balaban J connectivity index is 1.57. The number of pyridine rings is 2. The Morgan fingerprint density at radius 2 is 2.12 bits per heavy atom. The Morgan fingerprint density at radius 3 is 3.04 bits per heavy atom. The van der Waals surface area contributed by atoms with Gasteiger partial charge in [-0.2, -0.15) is 5.10 Å². The summed E-state index contributed by atoms with van der Waals surface area (Å²) in [5.74, 6) is 1.60. The van der Waals surface area contributed by atoms with Gasteiger partial charge in [0.2, 0.25) is 5.88 Å². The lowest BCUT2D eigenvalue weighted by molar-refractivity contribution is 0.0244. The zero-order valence-corrected chi connectivity index (χ0v) is 13.8. The molecule has 7 nitrogen and oxygen atoms in total. The maximum Gasteiger partial charge on any atom is 0.225 e. The number of nitrogens with one attached hydrogen (secondary N) is 2. The summed E-state index contributed by atoms with van der Waals surface area (Å²) in [5.41, 5.74) is 3.97. The highest BCUT2D eigenvalue weighted by Crippen LogP contribution is 2.34. The first-order valence-electron chi connectivity index (χ1n) is 8.69. The Morgan fingerprint density at radius 1 is 1.20 bits per heavy atom. The molecule has 128 valence electrons. The molecule has 0 aliphatic carbocycles. The van der Waals surface area contributed by atoms with Gasteiger partial charge in [0.1, 0.15) is 17.6 Å². The van der Waals surface area contributed by atoms with Crippen LogP contribution in [0.4, 0.5) is 5.82 Å². The van der Waals surface area contributed by atoms with Crippen molar-refractivity contribution in [2.75, 3.05) is 25.1 Å². The Bertz CT molecular complexity index is 917. The molecule has 1 fully saturated rings. The number of nitrogens with zero attached hydrogens (tertiary/aromatic N) is 3. The number of hydrogen-bond donors (Lipinski definition) is 2. The molecule has 7 heteroatoms. The predicted molar refractivity (Wildman–Crippen MR) is 93.8 cm³/mol. The number of anilines is 1. The number of ether oxygens (including phenoxy) is 2. The molecule has 2 N–H and O–H groups in total. The van der Waals surface area contributed by atoms with E-state index in [1.807, 2.05) is 12.3 Å². The van der Waals surface area contributed by atoms with E-state index in [1.54, 1.807) is 6.20 Å². The minimum absolute atomic E-state index is 0.136. The maximum absolute atomic E-state index is 6.20. The smallest absolute Gasteiger partial charge is 0.225 e. The van der Waals surface area contributed by atoms with Gasteiger partial charge in [-0.1, -0.05) is 0 Å². The number of hydrogen-bond acceptors (Lipinski definition) is 6. The van der Waals surface area contributed by atoms with E-state index in [0.29, 0.717) is 5.88 Å². The second kappa shape index (κ2) is 6.00. The van der Waals surface area contributed by atoms with Crippen LogP contribution < -0.4 is 10.1 Å². The summed E-state index contributed by atoms with van der Waals surface area (Å²) in [6.45, 7) is 2.41. The maximum atomic E-state index is 6.20. The van der Waals surface area contributed by atoms with E-state index in [4.69, 9.17) is 9.47 Å². The lowest BCUT2D eigenvalue weighted by Gasteiger charge is -2.23. The molecule has 0 bridgehead atoms. The van der Waals surface area contributed by atoms with Crippen LogP contribution in [0.2, 0.25) is 0 Å². The van der Waals surface area contributed by atoms with Gasteiger partial charge < -0.3 is 14.8 Å². The second-order valence-electron chi connectivity index (χ2n) is 6.45. The van der Waals surface area contributed by atoms with E-state index in [1.165, 1.54) is 5.56 Å². The molecule has 2 aliphatic heterocycles. The fraction of sp³-hybridized carbons (Fsp3) is 0.389. The van der Waals surface area contributed by atoms with Crippen LogP contribution in [-0.2, 0) is 11.2 Å². The number of aromatic nitrogens is 4. The van der Waals surface area contributed by atoms with Crippen molar-refractivity contribution in [1.29, 1.82) is 0 Å². The van der Waals surface area contributed by atoms with Gasteiger partial charge in [0.25, 0.3) is 0 Å². The van der Waals surface area contributed by atoms with Crippen LogP contribution in [0.15, 0.2) is 24.5 Å². The van der Waals surface area contributed by atoms with Crippen molar-refractivity contribution in [2.45, 2.75) is 25.4 Å². The summed E-state index contributed by atoms with van der Waals surface area (Å²) in [4.78, 5) is 9.00. The van der Waals surface area contributed by atoms with Gasteiger partial charge in [-0.25, -0.2) is 9.97 Å². The third kappa shape index (κ3) is 2.60. The van der Waals surface area contributed by atoms with Gasteiger partial charge in [0.15, 0.2) is 0 Å². The van der Waals surface area contributed by atoms with Crippen molar-refractivity contribution < 1.29 is 9.47 Å². The van der Waals surface area contributed by atoms with E-state index in [-0.39, 0.29) is 6.10 Å². The molecule has 25 heavy (non-hydrogen) atoms. The molecule has 0 aromatic carbocycles. The number of fused-ring (bicyclic) bond motifs is 2. The lowest BCUT2D eigenvalue weighted by Crippen LogP contribution is -2.26. The minimum Gasteiger partial charge on any atom is -0.474 e. The first-order chi connectivity index (χ1) is 12.4. The van der Waals surface area contributed by atoms with Gasteiger partial charge in [-0.3, -0.25) is 5.10 Å². The Labute approximate surface area is 144 Å². The summed E-state index contributed by atoms with van der Waals surface area (Å²) in [7, 11) is 0. The number of H-pyrrole nitrogens is 1. The van der Waals surface area contributed by atoms with Crippen molar-refractivity contribution in [2.24, 2.45) is 0 Å². The first-order valence-corrected chi connectivity index (χ1v) is 8.69. The van der Waals surface area contributed by atoms with Crippen molar-refractivity contribution in [1.82, 2.24) is 20.2 Å². The molecule has 0 spiro atoms. The molecule has 2 aliphatic rings. The fourth-order valence-corrected chi connectivity index (χ4v) is 3.49. The average Bonchev–Trinajstić information content (AvgIpc) is 3.29. The van der Waals surface area contributed by atoms with Crippen LogP contribution in [0, 0.1) is 0 Å². The zero-order valence-electron chi connectivity index (χ0n) is 13.8. The van der Waals surface area contributed by atoms with Crippen LogP contribution in [0.25, 0.3) is 22.2 Å². The molecule has 0 saturated carbocycles. The van der Waals surface area contributed by atoms with Crippen LogP contribution in [0.5, 0.6) is 5.88 Å². The van der Waals surface area contributed by atoms with Crippen molar-refractivity contribution >= 4 is 16.7 Å². The van der Waals surface area contributed by atoms with Gasteiger partial charge in [-0.05, 0) is 24.1 Å². The molecule has 3 aromatic rings. The third-order valence-electron chi connectivity index (χ3n) is 4.81. The van der Waals surface area contributed by atoms with Gasteiger partial charge in [0, 0.05) is 37.3 Å². The van der Waals surface area contributed by atoms with Crippen LogP contribution in [0.3, 0.4) is 0 Å². The summed E-state index contributed by atoms with van der Waals surface area (Å²) in [5, 5.41) is 11.8. The first kappa shape index (κ1) is 14.7. The van der Waals surface area contributed by atoms with Crippen LogP contribution in [-0.4, -0.2) is 46.0 Å². The zero-order chi connectivity index (χ0) is 16.6. The van der Waals surface area contributed by atoms with E-state index in [0.717, 1.165) is 67.0 Å². The molecular weight excluding hydrogens is 318 g/mol. The highest BCUT2D eigenvalue weighted by Gasteiger charge is 2.21. The van der Waals surface area contributed by atoms with Crippen LogP contribution >= 0.6 is 0 Å². The van der Waals surface area contributed by atoms with E-state index < -0.39 is 0 Å². The SMILES string of the molecule is c1cc2[nH]nc(-c3cnc4c(c3)CCN4)c2c(OC2CCOCC2)n1. The van der Waals surface area contributed by atoms with Crippen molar-refractivity contribution in [3.63, 3.8) is 0 Å². The quantitative estimate of drug-likeness (QED) is 0.764. The molecule has 0 amide bonds. The molecule has 0 radical (unpaired) electrons. The Hall–Kier alpha value is -2.67. The number of aromatic amines is 1. The second-order valence-corrected chi connectivity index (χ2v) is 6.45. The molecule has 1 saturated heterocycles. The lowest BCUT2D eigenvalue weighted by atomic mass is 10.1. The fourth-order valence-electron chi connectivity index (χ4n) is 3.49. The molecule has 5 heterocycles. The minimum atomic E-state index is 0.136. The molecular formula is C18H19N5O2. The van der Waals surface area contributed by atoms with Crippen LogP contribution in [0.1, 0.15) is 18.4 Å². The summed E-state index contributed by atoms with van der Waals surface area (Å²) >= 11 is 0. The molecule has 0 atom stereocenters. The van der Waals surface area contributed by atoms with E-state index in [9.17, 15) is 0 Å². The third-order valence-corrected chi connectivity index (χ3v) is 4.81. The largest absolute Gasteiger partial charge is 0.474 e. The van der Waals surface area contributed by atoms with Gasteiger partial charge in [-0.15, -0.1) is 0 Å². The van der Waals surface area contributed by atoms with Crippen molar-refractivity contribution in [3.8, 4) is 17.1 Å². The number of rotatable bonds is 3. The van der Waals surface area contributed by atoms with Crippen molar-refractivity contribution in [3.05, 3.63) is 30.1 Å². The monoisotopic (exact) mass is 337 g/mol. The van der Waals surface area contributed by atoms with E-state index >= 15 is 0 Å². The summed E-state index contributed by atoms with van der Waals surface area (Å²) in [6, 6.07) is 4.08. The van der Waals surface area contributed by atoms with E-state index in [2.05, 4.69) is 31.5 Å². The highest BCUT2D eigenvalue weighted by molar-refractivity contribution is 5.96. The standard InChI is InChI=1S/C18H19N5O2/c1-5-19-17-11(1)9-12(10-21-17)16-15-14(22-23-16)2-6-20-18(15)25-13-3-7-24-8-4-13/h2,6,9-10,13H,1,3-5,7-8H2,(H,19,21)(H,22,23). The summed E-state index contributed by atoms with van der Waals surface area (Å²) in [6.07, 6.45) is 6.51.